The molecule has 0 aromatic heterocycles. The molecule has 0 bridgehead atoms. The fourth-order valence-electron chi connectivity index (χ4n) is 2.87. The van der Waals surface area contributed by atoms with Gasteiger partial charge in [0, 0.05) is 21.9 Å². The van der Waals surface area contributed by atoms with Crippen LogP contribution in [0.4, 0.5) is 5.69 Å². The van der Waals surface area contributed by atoms with Crippen molar-refractivity contribution in [3.05, 3.63) is 58.6 Å². The Morgan fingerprint density at radius 3 is 2.67 bits per heavy atom. The van der Waals surface area contributed by atoms with Crippen LogP contribution in [0.5, 0.6) is 5.75 Å². The monoisotopic (exact) mass is 451 g/mol. The van der Waals surface area contributed by atoms with Crippen molar-refractivity contribution in [1.29, 1.82) is 0 Å². The Balaban J connectivity index is 1.88. The number of anilines is 1. The van der Waals surface area contributed by atoms with Gasteiger partial charge in [0.05, 0.1) is 5.69 Å². The SMILES string of the molecule is O=C1C(c2cccc(Br)c2)Oc2ccccc2N1CCCCCBr. The molecule has 2 aromatic carbocycles. The predicted molar refractivity (Wildman–Crippen MR) is 104 cm³/mol. The van der Waals surface area contributed by atoms with Gasteiger partial charge in [0.1, 0.15) is 5.75 Å². The molecule has 3 rings (SSSR count). The summed E-state index contributed by atoms with van der Waals surface area (Å²) in [5.41, 5.74) is 1.74. The molecule has 0 aliphatic carbocycles. The highest BCUT2D eigenvalue weighted by molar-refractivity contribution is 9.10. The Bertz CT molecular complexity index is 720. The van der Waals surface area contributed by atoms with E-state index in [0.717, 1.165) is 52.6 Å². The number of fused-ring (bicyclic) bond motifs is 1. The zero-order valence-corrected chi connectivity index (χ0v) is 16.4. The number of carbonyl (C=O) groups is 1. The van der Waals surface area contributed by atoms with E-state index in [4.69, 9.17) is 4.74 Å². The van der Waals surface area contributed by atoms with Crippen LogP contribution in [0.25, 0.3) is 0 Å². The van der Waals surface area contributed by atoms with Crippen molar-refractivity contribution in [2.75, 3.05) is 16.8 Å². The standard InChI is InChI=1S/C19H19Br2NO2/c20-11-4-1-5-12-22-16-9-2-3-10-17(16)24-18(19(22)23)14-7-6-8-15(21)13-14/h2-3,6-10,13,18H,1,4-5,11-12H2. The summed E-state index contributed by atoms with van der Waals surface area (Å²) in [6.07, 6.45) is 2.61. The number of ether oxygens (including phenoxy) is 1. The Kier molecular flexibility index (Phi) is 5.95. The summed E-state index contributed by atoms with van der Waals surface area (Å²) in [7, 11) is 0. The summed E-state index contributed by atoms with van der Waals surface area (Å²) >= 11 is 6.92. The van der Waals surface area contributed by atoms with Gasteiger partial charge in [-0.2, -0.15) is 0 Å². The Hall–Kier alpha value is -1.33. The summed E-state index contributed by atoms with van der Waals surface area (Å²) < 4.78 is 6.97. The van der Waals surface area contributed by atoms with Crippen molar-refractivity contribution in [3.8, 4) is 5.75 Å². The second-order valence-corrected chi connectivity index (χ2v) is 7.47. The van der Waals surface area contributed by atoms with E-state index >= 15 is 0 Å². The Labute approximate surface area is 159 Å². The van der Waals surface area contributed by atoms with Crippen molar-refractivity contribution in [2.45, 2.75) is 25.4 Å². The molecule has 3 nitrogen and oxygen atoms in total. The van der Waals surface area contributed by atoms with E-state index in [-0.39, 0.29) is 5.91 Å². The highest BCUT2D eigenvalue weighted by Gasteiger charge is 2.35. The van der Waals surface area contributed by atoms with Gasteiger partial charge in [0.25, 0.3) is 5.91 Å². The van der Waals surface area contributed by atoms with Crippen LogP contribution in [-0.2, 0) is 4.79 Å². The number of carbonyl (C=O) groups excluding carboxylic acids is 1. The van der Waals surface area contributed by atoms with Crippen molar-refractivity contribution < 1.29 is 9.53 Å². The minimum Gasteiger partial charge on any atom is -0.474 e. The van der Waals surface area contributed by atoms with E-state index in [1.807, 2.05) is 53.4 Å². The van der Waals surface area contributed by atoms with Gasteiger partial charge in [0.15, 0.2) is 0 Å². The van der Waals surface area contributed by atoms with Crippen LogP contribution in [0.1, 0.15) is 30.9 Å². The summed E-state index contributed by atoms with van der Waals surface area (Å²) in [6.45, 7) is 0.719. The summed E-state index contributed by atoms with van der Waals surface area (Å²) in [5, 5.41) is 1.00. The van der Waals surface area contributed by atoms with Gasteiger partial charge in [-0.15, -0.1) is 0 Å². The van der Waals surface area contributed by atoms with Gasteiger partial charge in [-0.3, -0.25) is 4.79 Å². The second kappa shape index (κ2) is 8.17. The normalized spacial score (nSPS) is 16.7. The lowest BCUT2D eigenvalue weighted by molar-refractivity contribution is -0.126. The lowest BCUT2D eigenvalue weighted by Gasteiger charge is -2.34. The molecule has 0 spiro atoms. The topological polar surface area (TPSA) is 29.5 Å². The molecule has 24 heavy (non-hydrogen) atoms. The van der Waals surface area contributed by atoms with Gasteiger partial charge in [-0.1, -0.05) is 62.5 Å². The first-order valence-electron chi connectivity index (χ1n) is 8.09. The molecule has 0 saturated heterocycles. The van der Waals surface area contributed by atoms with Gasteiger partial charge in [-0.25, -0.2) is 0 Å². The van der Waals surface area contributed by atoms with Crippen molar-refractivity contribution >= 4 is 43.5 Å². The second-order valence-electron chi connectivity index (χ2n) is 5.76. The fraction of sp³-hybridized carbons (Fsp3) is 0.316. The molecule has 1 unspecified atom stereocenters. The molecule has 0 fully saturated rings. The minimum absolute atomic E-state index is 0.00522. The van der Waals surface area contributed by atoms with Crippen molar-refractivity contribution in [3.63, 3.8) is 0 Å². The fourth-order valence-corrected chi connectivity index (χ4v) is 3.68. The third kappa shape index (κ3) is 3.83. The van der Waals surface area contributed by atoms with Crippen LogP contribution in [0.3, 0.4) is 0 Å². The molecule has 0 N–H and O–H groups in total. The number of para-hydroxylation sites is 2. The molecule has 2 aromatic rings. The summed E-state index contributed by atoms with van der Waals surface area (Å²) in [5.74, 6) is 0.771. The lowest BCUT2D eigenvalue weighted by atomic mass is 10.0. The van der Waals surface area contributed by atoms with Gasteiger partial charge in [0.2, 0.25) is 6.10 Å². The number of rotatable bonds is 6. The number of alkyl halides is 1. The molecule has 1 atom stereocenters. The number of benzene rings is 2. The van der Waals surface area contributed by atoms with Crippen LogP contribution in [-0.4, -0.2) is 17.8 Å². The van der Waals surface area contributed by atoms with Gasteiger partial charge >= 0.3 is 0 Å². The van der Waals surface area contributed by atoms with Crippen molar-refractivity contribution in [1.82, 2.24) is 0 Å². The number of nitrogens with zero attached hydrogens (tertiary/aromatic N) is 1. The Morgan fingerprint density at radius 1 is 1.04 bits per heavy atom. The zero-order valence-electron chi connectivity index (χ0n) is 13.3. The highest BCUT2D eigenvalue weighted by Crippen LogP contribution is 2.39. The quantitative estimate of drug-likeness (QED) is 0.429. The molecule has 126 valence electrons. The molecule has 1 aliphatic rings. The van der Waals surface area contributed by atoms with Gasteiger partial charge < -0.3 is 9.64 Å². The molecule has 0 saturated carbocycles. The van der Waals surface area contributed by atoms with Crippen LogP contribution in [0.15, 0.2) is 53.0 Å². The van der Waals surface area contributed by atoms with Crippen LogP contribution >= 0.6 is 31.9 Å². The molecule has 1 heterocycles. The first kappa shape index (κ1) is 17.5. The first-order chi connectivity index (χ1) is 11.7. The third-order valence-corrected chi connectivity index (χ3v) is 5.11. The number of hydrogen-bond donors (Lipinski definition) is 0. The highest BCUT2D eigenvalue weighted by atomic mass is 79.9. The maximum absolute atomic E-state index is 13.0. The van der Waals surface area contributed by atoms with E-state index in [1.54, 1.807) is 0 Å². The lowest BCUT2D eigenvalue weighted by Crippen LogP contribution is -2.41. The Morgan fingerprint density at radius 2 is 1.88 bits per heavy atom. The molecule has 1 aliphatic heterocycles. The predicted octanol–water partition coefficient (Wildman–Crippen LogP) is 5.48. The maximum Gasteiger partial charge on any atom is 0.272 e. The van der Waals surface area contributed by atoms with Crippen molar-refractivity contribution in [2.24, 2.45) is 0 Å². The smallest absolute Gasteiger partial charge is 0.272 e. The van der Waals surface area contributed by atoms with E-state index in [0.29, 0.717) is 0 Å². The molecule has 0 radical (unpaired) electrons. The number of halogens is 2. The van der Waals surface area contributed by atoms with E-state index in [2.05, 4.69) is 31.9 Å². The zero-order chi connectivity index (χ0) is 16.9. The van der Waals surface area contributed by atoms with Gasteiger partial charge in [-0.05, 0) is 37.1 Å². The molecular formula is C19H19Br2NO2. The van der Waals surface area contributed by atoms with E-state index in [9.17, 15) is 4.79 Å². The molecule has 5 heteroatoms. The van der Waals surface area contributed by atoms with Crippen LogP contribution in [0.2, 0.25) is 0 Å². The number of unbranched alkanes of at least 4 members (excludes halogenated alkanes) is 2. The van der Waals surface area contributed by atoms with Crippen LogP contribution < -0.4 is 9.64 Å². The third-order valence-electron chi connectivity index (χ3n) is 4.06. The number of amides is 1. The largest absolute Gasteiger partial charge is 0.474 e. The summed E-state index contributed by atoms with van der Waals surface area (Å²) in [4.78, 5) is 14.9. The molecule has 1 amide bonds. The van der Waals surface area contributed by atoms with E-state index < -0.39 is 6.10 Å². The first-order valence-corrected chi connectivity index (χ1v) is 10.0. The average molecular weight is 453 g/mol. The minimum atomic E-state index is -0.589. The average Bonchev–Trinajstić information content (AvgIpc) is 2.60. The maximum atomic E-state index is 13.0. The van der Waals surface area contributed by atoms with Crippen LogP contribution in [0, 0.1) is 0 Å². The molecular weight excluding hydrogens is 434 g/mol. The summed E-state index contributed by atoms with van der Waals surface area (Å²) in [6, 6.07) is 15.5. The number of hydrogen-bond acceptors (Lipinski definition) is 2. The van der Waals surface area contributed by atoms with E-state index in [1.165, 1.54) is 0 Å².